The minimum absolute atomic E-state index is 0.0929. The first-order valence-electron chi connectivity index (χ1n) is 8.80. The van der Waals surface area contributed by atoms with E-state index in [0.29, 0.717) is 35.9 Å². The molecule has 3 N–H and O–H groups in total. The van der Waals surface area contributed by atoms with E-state index >= 15 is 0 Å². The van der Waals surface area contributed by atoms with E-state index in [4.69, 9.17) is 5.73 Å². The summed E-state index contributed by atoms with van der Waals surface area (Å²) in [4.78, 5) is 23.5. The third-order valence-electron chi connectivity index (χ3n) is 3.78. The summed E-state index contributed by atoms with van der Waals surface area (Å²) in [7, 11) is 0. The lowest BCUT2D eigenvalue weighted by molar-refractivity contribution is -0.118. The van der Waals surface area contributed by atoms with Crippen molar-refractivity contribution in [1.29, 1.82) is 0 Å². The van der Waals surface area contributed by atoms with Crippen LogP contribution in [0.3, 0.4) is 0 Å². The summed E-state index contributed by atoms with van der Waals surface area (Å²) < 4.78 is 28.6. The molecule has 0 aliphatic rings. The van der Waals surface area contributed by atoms with Gasteiger partial charge < -0.3 is 15.6 Å². The van der Waals surface area contributed by atoms with Crippen LogP contribution in [0.5, 0.6) is 0 Å². The lowest BCUT2D eigenvalue weighted by atomic mass is 10.2. The second-order valence-electron chi connectivity index (χ2n) is 6.74. The van der Waals surface area contributed by atoms with Crippen molar-refractivity contribution in [2.75, 3.05) is 5.32 Å². The average Bonchev–Trinajstić information content (AvgIpc) is 2.96. The number of nitrogens with two attached hydrogens (primary N) is 1. The molecule has 0 unspecified atom stereocenters. The predicted octanol–water partition coefficient (Wildman–Crippen LogP) is 2.75. The van der Waals surface area contributed by atoms with E-state index in [1.165, 1.54) is 17.8 Å². The number of hydrogen-bond donors (Lipinski definition) is 2. The van der Waals surface area contributed by atoms with E-state index in [-0.39, 0.29) is 12.1 Å². The Balaban J connectivity index is 2.11. The van der Waals surface area contributed by atoms with Crippen LogP contribution >= 0.6 is 11.8 Å². The van der Waals surface area contributed by atoms with E-state index in [0.717, 1.165) is 6.07 Å². The van der Waals surface area contributed by atoms with Gasteiger partial charge in [0.1, 0.15) is 17.5 Å². The van der Waals surface area contributed by atoms with Crippen molar-refractivity contribution >= 4 is 29.3 Å². The summed E-state index contributed by atoms with van der Waals surface area (Å²) in [5, 5.41) is 10.6. The number of thioether (sulfide) groups is 1. The van der Waals surface area contributed by atoms with Gasteiger partial charge in [-0.15, -0.1) is 10.2 Å². The predicted molar refractivity (Wildman–Crippen MR) is 103 cm³/mol. The zero-order valence-electron chi connectivity index (χ0n) is 15.9. The molecule has 2 amide bonds. The first-order chi connectivity index (χ1) is 13.2. The quantitative estimate of drug-likeness (QED) is 0.618. The van der Waals surface area contributed by atoms with Gasteiger partial charge in [0.25, 0.3) is 0 Å². The zero-order chi connectivity index (χ0) is 20.8. The molecular formula is C18H23F2N5O2S. The van der Waals surface area contributed by atoms with Crippen LogP contribution in [-0.2, 0) is 22.6 Å². The van der Waals surface area contributed by atoms with Crippen molar-refractivity contribution in [3.05, 3.63) is 35.7 Å². The molecule has 28 heavy (non-hydrogen) atoms. The Labute approximate surface area is 166 Å². The molecule has 0 aliphatic carbocycles. The number of primary amides is 1. The van der Waals surface area contributed by atoms with Crippen molar-refractivity contribution in [3.8, 4) is 0 Å². The van der Waals surface area contributed by atoms with E-state index in [9.17, 15) is 18.4 Å². The Morgan fingerprint density at radius 2 is 1.96 bits per heavy atom. The number of rotatable bonds is 9. The molecule has 0 saturated heterocycles. The summed E-state index contributed by atoms with van der Waals surface area (Å²) in [6.45, 7) is 6.32. The molecule has 0 fully saturated rings. The topological polar surface area (TPSA) is 103 Å². The van der Waals surface area contributed by atoms with Crippen LogP contribution in [-0.4, -0.2) is 31.8 Å². The van der Waals surface area contributed by atoms with E-state index in [2.05, 4.69) is 15.5 Å². The lowest BCUT2D eigenvalue weighted by Gasteiger charge is -2.15. The van der Waals surface area contributed by atoms with Crippen molar-refractivity contribution in [1.82, 2.24) is 14.8 Å². The number of hydrogen-bond acceptors (Lipinski definition) is 5. The van der Waals surface area contributed by atoms with Gasteiger partial charge in [-0.05, 0) is 25.0 Å². The number of amides is 2. The number of halogens is 2. The minimum Gasteiger partial charge on any atom is -0.370 e. The molecule has 2 aromatic rings. The van der Waals surface area contributed by atoms with Crippen LogP contribution in [0.2, 0.25) is 0 Å². The molecule has 2 rings (SSSR count). The third kappa shape index (κ3) is 6.01. The Morgan fingerprint density at radius 1 is 1.25 bits per heavy atom. The summed E-state index contributed by atoms with van der Waals surface area (Å²) in [6.07, 6.45) is 0.512. The molecule has 0 bridgehead atoms. The first-order valence-corrected chi connectivity index (χ1v) is 9.68. The third-order valence-corrected chi connectivity index (χ3v) is 4.86. The Bertz CT molecular complexity index is 856. The highest BCUT2D eigenvalue weighted by molar-refractivity contribution is 8.00. The van der Waals surface area contributed by atoms with Gasteiger partial charge in [-0.2, -0.15) is 0 Å². The van der Waals surface area contributed by atoms with Crippen LogP contribution in [0.15, 0.2) is 23.4 Å². The maximum atomic E-state index is 13.7. The summed E-state index contributed by atoms with van der Waals surface area (Å²) in [6, 6.07) is 2.95. The highest BCUT2D eigenvalue weighted by Gasteiger charge is 2.21. The molecule has 10 heteroatoms. The highest BCUT2D eigenvalue weighted by atomic mass is 32.2. The molecule has 0 spiro atoms. The zero-order valence-corrected chi connectivity index (χ0v) is 16.7. The molecule has 1 atom stereocenters. The maximum absolute atomic E-state index is 13.7. The van der Waals surface area contributed by atoms with E-state index in [1.54, 1.807) is 6.92 Å². The van der Waals surface area contributed by atoms with Gasteiger partial charge >= 0.3 is 0 Å². The van der Waals surface area contributed by atoms with Crippen molar-refractivity contribution in [3.63, 3.8) is 0 Å². The Morgan fingerprint density at radius 3 is 2.57 bits per heavy atom. The van der Waals surface area contributed by atoms with Gasteiger partial charge in [0.05, 0.1) is 10.9 Å². The number of benzene rings is 1. The van der Waals surface area contributed by atoms with Crippen LogP contribution in [0.25, 0.3) is 0 Å². The summed E-state index contributed by atoms with van der Waals surface area (Å²) in [5.41, 5.74) is 5.11. The SMILES string of the molecule is CC(C)Cn1c(CCC(N)=O)nnc1S[C@@H](C)C(=O)Nc1ccc(F)cc1F. The molecule has 1 heterocycles. The summed E-state index contributed by atoms with van der Waals surface area (Å²) >= 11 is 1.17. The number of aromatic nitrogens is 3. The first kappa shape index (κ1) is 21.8. The van der Waals surface area contributed by atoms with Gasteiger partial charge in [-0.3, -0.25) is 9.59 Å². The van der Waals surface area contributed by atoms with Crippen molar-refractivity contribution < 1.29 is 18.4 Å². The van der Waals surface area contributed by atoms with Crippen LogP contribution < -0.4 is 11.1 Å². The number of carbonyl (C=O) groups is 2. The fraction of sp³-hybridized carbons (Fsp3) is 0.444. The fourth-order valence-corrected chi connectivity index (χ4v) is 3.29. The highest BCUT2D eigenvalue weighted by Crippen LogP contribution is 2.25. The monoisotopic (exact) mass is 411 g/mol. The second kappa shape index (κ2) is 9.63. The van der Waals surface area contributed by atoms with Crippen molar-refractivity contribution in [2.24, 2.45) is 11.7 Å². The van der Waals surface area contributed by atoms with Gasteiger partial charge in [0.2, 0.25) is 11.8 Å². The Kier molecular flexibility index (Phi) is 7.50. The lowest BCUT2D eigenvalue weighted by Crippen LogP contribution is -2.24. The molecule has 0 aliphatic heterocycles. The fourth-order valence-electron chi connectivity index (χ4n) is 2.41. The number of nitrogens with zero attached hydrogens (tertiary/aromatic N) is 3. The average molecular weight is 411 g/mol. The number of anilines is 1. The van der Waals surface area contributed by atoms with E-state index in [1.807, 2.05) is 18.4 Å². The molecule has 0 radical (unpaired) electrons. The molecule has 152 valence electrons. The number of carbonyl (C=O) groups excluding carboxylic acids is 2. The minimum atomic E-state index is -0.845. The van der Waals surface area contributed by atoms with Gasteiger partial charge in [0.15, 0.2) is 5.16 Å². The molecule has 1 aromatic heterocycles. The van der Waals surface area contributed by atoms with Crippen LogP contribution in [0.1, 0.15) is 33.0 Å². The molecule has 0 saturated carbocycles. The maximum Gasteiger partial charge on any atom is 0.237 e. The van der Waals surface area contributed by atoms with E-state index < -0.39 is 28.7 Å². The molecule has 7 nitrogen and oxygen atoms in total. The van der Waals surface area contributed by atoms with Crippen molar-refractivity contribution in [2.45, 2.75) is 50.6 Å². The molecular weight excluding hydrogens is 388 g/mol. The normalized spacial score (nSPS) is 12.2. The number of aryl methyl sites for hydroxylation is 1. The smallest absolute Gasteiger partial charge is 0.237 e. The summed E-state index contributed by atoms with van der Waals surface area (Å²) in [5.74, 6) is -1.53. The van der Waals surface area contributed by atoms with Crippen LogP contribution in [0.4, 0.5) is 14.5 Å². The van der Waals surface area contributed by atoms with Gasteiger partial charge in [-0.25, -0.2) is 8.78 Å². The second-order valence-corrected chi connectivity index (χ2v) is 8.05. The molecule has 1 aromatic carbocycles. The largest absolute Gasteiger partial charge is 0.370 e. The van der Waals surface area contributed by atoms with Gasteiger partial charge in [-0.1, -0.05) is 25.6 Å². The Hall–Kier alpha value is -2.49. The number of nitrogens with one attached hydrogen (secondary N) is 1. The van der Waals surface area contributed by atoms with Crippen LogP contribution in [0, 0.1) is 17.6 Å². The van der Waals surface area contributed by atoms with Gasteiger partial charge in [0, 0.05) is 25.5 Å². The standard InChI is InChI=1S/C18H23F2N5O2S/c1-10(2)9-25-16(7-6-15(21)26)23-24-18(25)28-11(3)17(27)22-14-5-4-12(19)8-13(14)20/h4-5,8,10-11H,6-7,9H2,1-3H3,(H2,21,26)(H,22,27)/t11-/m0/s1.